The monoisotopic (exact) mass is 530 g/mol. The Morgan fingerprint density at radius 3 is 2.82 bits per heavy atom. The van der Waals surface area contributed by atoms with Crippen molar-refractivity contribution in [2.24, 2.45) is 5.92 Å². The Bertz CT molecular complexity index is 1390. The Morgan fingerprint density at radius 1 is 1.21 bits per heavy atom. The van der Waals surface area contributed by atoms with Gasteiger partial charge in [-0.05, 0) is 43.7 Å². The summed E-state index contributed by atoms with van der Waals surface area (Å²) in [5.41, 5.74) is 0.591. The van der Waals surface area contributed by atoms with Gasteiger partial charge in [0.2, 0.25) is 5.95 Å². The number of alkyl halides is 3. The summed E-state index contributed by atoms with van der Waals surface area (Å²) in [4.78, 5) is 36.3. The van der Waals surface area contributed by atoms with E-state index >= 15 is 0 Å². The molecule has 3 fully saturated rings. The Morgan fingerprint density at radius 2 is 2.05 bits per heavy atom. The molecule has 200 valence electrons. The second-order valence-corrected chi connectivity index (χ2v) is 9.92. The summed E-state index contributed by atoms with van der Waals surface area (Å²) in [6.45, 7) is 0.683. The van der Waals surface area contributed by atoms with Crippen LogP contribution in [0.5, 0.6) is 5.75 Å². The van der Waals surface area contributed by atoms with Crippen LogP contribution < -0.4 is 20.5 Å². The lowest BCUT2D eigenvalue weighted by Crippen LogP contribution is -2.54. The average Bonchev–Trinajstić information content (AvgIpc) is 3.79. The topological polar surface area (TPSA) is 117 Å². The van der Waals surface area contributed by atoms with Gasteiger partial charge in [0.15, 0.2) is 5.76 Å². The normalized spacial score (nSPS) is 22.5. The minimum atomic E-state index is -4.80. The van der Waals surface area contributed by atoms with Crippen LogP contribution in [-0.4, -0.2) is 57.1 Å². The van der Waals surface area contributed by atoms with Gasteiger partial charge in [-0.15, -0.1) is 13.2 Å². The zero-order chi connectivity index (χ0) is 26.4. The van der Waals surface area contributed by atoms with Crippen molar-refractivity contribution in [3.63, 3.8) is 0 Å². The lowest BCUT2D eigenvalue weighted by Gasteiger charge is -2.39. The van der Waals surface area contributed by atoms with Crippen LogP contribution in [0.4, 0.5) is 23.9 Å². The van der Waals surface area contributed by atoms with Crippen LogP contribution in [0.1, 0.15) is 31.4 Å². The van der Waals surface area contributed by atoms with E-state index in [1.54, 1.807) is 12.1 Å². The van der Waals surface area contributed by atoms with E-state index in [0.717, 1.165) is 25.7 Å². The van der Waals surface area contributed by atoms with E-state index in [-0.39, 0.29) is 41.7 Å². The molecule has 13 heteroatoms. The van der Waals surface area contributed by atoms with Crippen LogP contribution >= 0.6 is 0 Å². The standard InChI is InChI=1S/C25H25F3N6O4/c26-25(27,28)37-19-3-1-2-14(9-19)21-11-16(32-38-21)12-30-24(36)34(17-4-5-17)18-8-15-10-20(15)33(13-18)23-29-7-6-22(35)31-23/h1-3,6-7,9,11,15,17-18,20H,4-5,8,10,12-13H2,(H,30,36)(H,29,31,35)/t15?,18-,20?/m1/s1. The maximum Gasteiger partial charge on any atom is 0.573 e. The van der Waals surface area contributed by atoms with E-state index in [1.807, 2.05) is 4.90 Å². The first-order valence-corrected chi connectivity index (χ1v) is 12.4. The molecule has 1 aliphatic heterocycles. The zero-order valence-electron chi connectivity index (χ0n) is 20.1. The quantitative estimate of drug-likeness (QED) is 0.479. The van der Waals surface area contributed by atoms with Gasteiger partial charge in [0.1, 0.15) is 11.4 Å². The van der Waals surface area contributed by atoms with Crippen molar-refractivity contribution >= 4 is 12.0 Å². The summed E-state index contributed by atoms with van der Waals surface area (Å²) < 4.78 is 46.9. The van der Waals surface area contributed by atoms with Crippen LogP contribution in [0.3, 0.4) is 0 Å². The van der Waals surface area contributed by atoms with Gasteiger partial charge in [-0.25, -0.2) is 9.78 Å². The number of hydrogen-bond donors (Lipinski definition) is 2. The summed E-state index contributed by atoms with van der Waals surface area (Å²) in [7, 11) is 0. The third-order valence-electron chi connectivity index (χ3n) is 7.10. The summed E-state index contributed by atoms with van der Waals surface area (Å²) in [6, 6.07) is 8.60. The SMILES string of the molecule is O=C(NCc1cc(-c2cccc(OC(F)(F)F)c2)on1)N(C1CC1)[C@@H]1CC2CC2N(c2nccc(=O)[nH]2)C1. The summed E-state index contributed by atoms with van der Waals surface area (Å²) in [5, 5.41) is 6.87. The molecule has 2 N–H and O–H groups in total. The fourth-order valence-electron chi connectivity index (χ4n) is 5.22. The first kappa shape index (κ1) is 24.3. The highest BCUT2D eigenvalue weighted by molar-refractivity contribution is 5.75. The number of urea groups is 1. The molecule has 1 aromatic carbocycles. The van der Waals surface area contributed by atoms with Crippen molar-refractivity contribution in [2.45, 2.75) is 56.7 Å². The number of amides is 2. The number of halogens is 3. The summed E-state index contributed by atoms with van der Waals surface area (Å²) in [5.74, 6) is 0.873. The summed E-state index contributed by atoms with van der Waals surface area (Å²) >= 11 is 0. The van der Waals surface area contributed by atoms with Crippen LogP contribution in [0.2, 0.25) is 0 Å². The molecule has 1 saturated heterocycles. The predicted molar refractivity (Wildman–Crippen MR) is 128 cm³/mol. The highest BCUT2D eigenvalue weighted by Gasteiger charge is 2.51. The molecule has 3 aliphatic rings. The smallest absolute Gasteiger partial charge is 0.406 e. The maximum atomic E-state index is 13.3. The minimum Gasteiger partial charge on any atom is -0.406 e. The molecule has 6 rings (SSSR count). The molecule has 0 spiro atoms. The van der Waals surface area contributed by atoms with Gasteiger partial charge in [0, 0.05) is 42.5 Å². The Kier molecular flexibility index (Phi) is 6.00. The number of rotatable bonds is 7. The third-order valence-corrected chi connectivity index (χ3v) is 7.10. The molecule has 3 heterocycles. The number of benzene rings is 1. The van der Waals surface area contributed by atoms with E-state index in [2.05, 4.69) is 30.1 Å². The highest BCUT2D eigenvalue weighted by atomic mass is 19.4. The molecule has 2 amide bonds. The van der Waals surface area contributed by atoms with Gasteiger partial charge in [-0.3, -0.25) is 9.78 Å². The first-order chi connectivity index (χ1) is 18.2. The van der Waals surface area contributed by atoms with Crippen molar-refractivity contribution < 1.29 is 27.2 Å². The van der Waals surface area contributed by atoms with E-state index in [9.17, 15) is 22.8 Å². The second kappa shape index (κ2) is 9.37. The van der Waals surface area contributed by atoms with Gasteiger partial charge in [-0.1, -0.05) is 17.3 Å². The Labute approximate surface area is 214 Å². The number of carbonyl (C=O) groups excluding carboxylic acids is 1. The number of aromatic amines is 1. The van der Waals surface area contributed by atoms with Crippen LogP contribution in [0.25, 0.3) is 11.3 Å². The number of nitrogens with zero attached hydrogens (tertiary/aromatic N) is 4. The molecule has 10 nitrogen and oxygen atoms in total. The number of ether oxygens (including phenoxy) is 1. The number of hydrogen-bond acceptors (Lipinski definition) is 7. The largest absolute Gasteiger partial charge is 0.573 e. The number of nitrogens with one attached hydrogen (secondary N) is 2. The van der Waals surface area contributed by atoms with E-state index in [0.29, 0.717) is 35.7 Å². The van der Waals surface area contributed by atoms with Crippen LogP contribution in [0, 0.1) is 5.92 Å². The highest BCUT2D eigenvalue weighted by Crippen LogP contribution is 2.46. The molecule has 0 radical (unpaired) electrons. The molecular formula is C25H25F3N6O4. The molecule has 2 unspecified atom stereocenters. The van der Waals surface area contributed by atoms with E-state index < -0.39 is 6.36 Å². The van der Waals surface area contributed by atoms with E-state index in [1.165, 1.54) is 30.5 Å². The van der Waals surface area contributed by atoms with Crippen molar-refractivity contribution in [3.8, 4) is 17.1 Å². The molecule has 2 aromatic heterocycles. The van der Waals surface area contributed by atoms with E-state index in [4.69, 9.17) is 4.52 Å². The molecule has 3 atom stereocenters. The number of fused-ring (bicyclic) bond motifs is 1. The van der Waals surface area contributed by atoms with Crippen LogP contribution in [0.15, 0.2) is 51.9 Å². The first-order valence-electron chi connectivity index (χ1n) is 12.4. The fraction of sp³-hybridized carbons (Fsp3) is 0.440. The molecule has 2 saturated carbocycles. The zero-order valence-corrected chi connectivity index (χ0v) is 20.1. The average molecular weight is 531 g/mol. The van der Waals surface area contributed by atoms with Gasteiger partial charge in [0.25, 0.3) is 5.56 Å². The van der Waals surface area contributed by atoms with Crippen molar-refractivity contribution in [1.82, 2.24) is 25.3 Å². The number of anilines is 1. The predicted octanol–water partition coefficient (Wildman–Crippen LogP) is 3.66. The van der Waals surface area contributed by atoms with Crippen LogP contribution in [-0.2, 0) is 6.54 Å². The Hall–Kier alpha value is -4.03. The third kappa shape index (κ3) is 5.31. The number of piperidine rings is 1. The lowest BCUT2D eigenvalue weighted by atomic mass is 10.0. The molecular weight excluding hydrogens is 505 g/mol. The fourth-order valence-corrected chi connectivity index (χ4v) is 5.22. The van der Waals surface area contributed by atoms with Gasteiger partial charge < -0.3 is 24.4 Å². The molecule has 38 heavy (non-hydrogen) atoms. The number of aromatic nitrogens is 3. The number of carbonyl (C=O) groups is 1. The van der Waals surface area contributed by atoms with Gasteiger partial charge in [-0.2, -0.15) is 0 Å². The van der Waals surface area contributed by atoms with Crippen molar-refractivity contribution in [3.05, 3.63) is 58.6 Å². The number of H-pyrrole nitrogens is 1. The van der Waals surface area contributed by atoms with Crippen molar-refractivity contribution in [2.75, 3.05) is 11.4 Å². The molecule has 3 aromatic rings. The summed E-state index contributed by atoms with van der Waals surface area (Å²) in [6.07, 6.45) is 0.463. The Balaban J connectivity index is 1.11. The lowest BCUT2D eigenvalue weighted by molar-refractivity contribution is -0.274. The van der Waals surface area contributed by atoms with Crippen molar-refractivity contribution in [1.29, 1.82) is 0 Å². The maximum absolute atomic E-state index is 13.3. The van der Waals surface area contributed by atoms with Gasteiger partial charge >= 0.3 is 12.4 Å². The second-order valence-electron chi connectivity index (χ2n) is 9.92. The molecule has 2 aliphatic carbocycles. The minimum absolute atomic E-state index is 0.0269. The molecule has 0 bridgehead atoms. The van der Waals surface area contributed by atoms with Gasteiger partial charge in [0.05, 0.1) is 12.6 Å².